The number of hydrogen-bond donors (Lipinski definition) is 1. The average Bonchev–Trinajstić information content (AvgIpc) is 2.39. The van der Waals surface area contributed by atoms with E-state index < -0.39 is 17.8 Å². The molecule has 96 valence electrons. The van der Waals surface area contributed by atoms with Crippen LogP contribution in [0.3, 0.4) is 0 Å². The number of halogens is 1. The van der Waals surface area contributed by atoms with E-state index in [0.29, 0.717) is 17.7 Å². The number of hydrogen-bond acceptors (Lipinski definition) is 4. The van der Waals surface area contributed by atoms with Gasteiger partial charge in [0.2, 0.25) is 0 Å². The molecule has 0 radical (unpaired) electrons. The maximum absolute atomic E-state index is 13.6. The molecule has 18 heavy (non-hydrogen) atoms. The van der Waals surface area contributed by atoms with Gasteiger partial charge in [-0.2, -0.15) is 5.26 Å². The number of nitrogens with zero attached hydrogens (tertiary/aromatic N) is 1. The molecule has 0 heterocycles. The van der Waals surface area contributed by atoms with Crippen molar-refractivity contribution < 1.29 is 13.9 Å². The van der Waals surface area contributed by atoms with Crippen LogP contribution in [0.2, 0.25) is 0 Å². The molecule has 4 nitrogen and oxygen atoms in total. The molecule has 1 atom stereocenters. The van der Waals surface area contributed by atoms with E-state index in [1.54, 1.807) is 6.92 Å². The molecule has 1 N–H and O–H groups in total. The van der Waals surface area contributed by atoms with E-state index in [4.69, 9.17) is 5.26 Å². The molecule has 0 fully saturated rings. The monoisotopic (exact) mass is 250 g/mol. The van der Waals surface area contributed by atoms with Gasteiger partial charge < -0.3 is 10.1 Å². The standard InChI is InChI=1S/C13H15FN2O2/c1-4-11(13(17)18-3)16-12-6-9(7-15)5-10(14)8(12)2/h5-6,11,16H,4H2,1-3H3. The van der Waals surface area contributed by atoms with Gasteiger partial charge in [0.25, 0.3) is 0 Å². The Balaban J connectivity index is 3.06. The number of rotatable bonds is 4. The number of nitriles is 1. The molecule has 0 saturated carbocycles. The third-order valence-electron chi connectivity index (χ3n) is 2.70. The Hall–Kier alpha value is -2.09. The molecule has 0 bridgehead atoms. The van der Waals surface area contributed by atoms with Crippen molar-refractivity contribution in [1.29, 1.82) is 5.26 Å². The molecule has 1 aromatic rings. The van der Waals surface area contributed by atoms with Crippen LogP contribution in [0.5, 0.6) is 0 Å². The second-order valence-electron chi connectivity index (χ2n) is 3.87. The number of carbonyl (C=O) groups is 1. The fraction of sp³-hybridized carbons (Fsp3) is 0.385. The summed E-state index contributed by atoms with van der Waals surface area (Å²) in [4.78, 5) is 11.5. The Labute approximate surface area is 105 Å². The summed E-state index contributed by atoms with van der Waals surface area (Å²) in [6.45, 7) is 3.40. The van der Waals surface area contributed by atoms with E-state index in [2.05, 4.69) is 10.1 Å². The molecule has 5 heteroatoms. The number of esters is 1. The summed E-state index contributed by atoms with van der Waals surface area (Å²) in [7, 11) is 1.30. The zero-order chi connectivity index (χ0) is 13.7. The van der Waals surface area contributed by atoms with Gasteiger partial charge in [0.05, 0.1) is 18.7 Å². The number of methoxy groups -OCH3 is 1. The van der Waals surface area contributed by atoms with Crippen molar-refractivity contribution in [2.75, 3.05) is 12.4 Å². The van der Waals surface area contributed by atoms with E-state index in [-0.39, 0.29) is 5.56 Å². The van der Waals surface area contributed by atoms with E-state index >= 15 is 0 Å². The van der Waals surface area contributed by atoms with Gasteiger partial charge >= 0.3 is 5.97 Å². The average molecular weight is 250 g/mol. The zero-order valence-electron chi connectivity index (χ0n) is 10.6. The molecule has 0 saturated heterocycles. The van der Waals surface area contributed by atoms with Crippen molar-refractivity contribution in [3.63, 3.8) is 0 Å². The SMILES string of the molecule is CCC(Nc1cc(C#N)cc(F)c1C)C(=O)OC. The largest absolute Gasteiger partial charge is 0.467 e. The van der Waals surface area contributed by atoms with Crippen LogP contribution in [0.1, 0.15) is 24.5 Å². The first kappa shape index (κ1) is 14.0. The van der Waals surface area contributed by atoms with Gasteiger partial charge in [-0.1, -0.05) is 6.92 Å². The molecular formula is C13H15FN2O2. The summed E-state index contributed by atoms with van der Waals surface area (Å²) in [5, 5.41) is 11.7. The van der Waals surface area contributed by atoms with Crippen LogP contribution in [0.4, 0.5) is 10.1 Å². The fourth-order valence-electron chi connectivity index (χ4n) is 1.55. The van der Waals surface area contributed by atoms with E-state index in [1.165, 1.54) is 19.2 Å². The first-order valence-electron chi connectivity index (χ1n) is 5.58. The maximum atomic E-state index is 13.6. The van der Waals surface area contributed by atoms with Crippen molar-refractivity contribution in [2.45, 2.75) is 26.3 Å². The lowest BCUT2D eigenvalue weighted by Crippen LogP contribution is -2.30. The van der Waals surface area contributed by atoms with Gasteiger partial charge in [0, 0.05) is 11.3 Å². The number of ether oxygens (including phenoxy) is 1. The van der Waals surface area contributed by atoms with Crippen LogP contribution in [-0.4, -0.2) is 19.1 Å². The highest BCUT2D eigenvalue weighted by Gasteiger charge is 2.18. The molecule has 0 aliphatic heterocycles. The van der Waals surface area contributed by atoms with Crippen LogP contribution in [0, 0.1) is 24.1 Å². The number of carbonyl (C=O) groups excluding carboxylic acids is 1. The number of benzene rings is 1. The van der Waals surface area contributed by atoms with Crippen LogP contribution >= 0.6 is 0 Å². The zero-order valence-corrected chi connectivity index (χ0v) is 10.6. The smallest absolute Gasteiger partial charge is 0.328 e. The molecule has 0 aliphatic carbocycles. The number of nitrogens with one attached hydrogen (secondary N) is 1. The second-order valence-corrected chi connectivity index (χ2v) is 3.87. The Morgan fingerprint density at radius 3 is 2.78 bits per heavy atom. The molecule has 1 aromatic carbocycles. The summed E-state index contributed by atoms with van der Waals surface area (Å²) < 4.78 is 18.2. The van der Waals surface area contributed by atoms with Crippen LogP contribution < -0.4 is 5.32 Å². The van der Waals surface area contributed by atoms with E-state index in [9.17, 15) is 9.18 Å². The fourth-order valence-corrected chi connectivity index (χ4v) is 1.55. The summed E-state index contributed by atoms with van der Waals surface area (Å²) in [5.41, 5.74) is 1.01. The summed E-state index contributed by atoms with van der Waals surface area (Å²) in [6, 6.07) is 4.00. The van der Waals surface area contributed by atoms with Crippen molar-refractivity contribution >= 4 is 11.7 Å². The normalized spacial score (nSPS) is 11.5. The molecule has 0 aromatic heterocycles. The topological polar surface area (TPSA) is 62.1 Å². The molecule has 0 spiro atoms. The molecule has 1 rings (SSSR count). The predicted molar refractivity (Wildman–Crippen MR) is 65.6 cm³/mol. The van der Waals surface area contributed by atoms with E-state index in [0.717, 1.165) is 0 Å². The molecule has 0 aliphatic rings. The van der Waals surface area contributed by atoms with Gasteiger partial charge in [-0.05, 0) is 25.5 Å². The quantitative estimate of drug-likeness (QED) is 0.833. The lowest BCUT2D eigenvalue weighted by molar-refractivity contribution is -0.141. The highest BCUT2D eigenvalue weighted by Crippen LogP contribution is 2.21. The van der Waals surface area contributed by atoms with Gasteiger partial charge in [0.15, 0.2) is 0 Å². The third-order valence-corrected chi connectivity index (χ3v) is 2.70. The molecule has 1 unspecified atom stereocenters. The minimum absolute atomic E-state index is 0.209. The van der Waals surface area contributed by atoms with Crippen molar-refractivity contribution in [3.05, 3.63) is 29.1 Å². The first-order chi connectivity index (χ1) is 8.53. The van der Waals surface area contributed by atoms with Crippen LogP contribution in [0.15, 0.2) is 12.1 Å². The van der Waals surface area contributed by atoms with Gasteiger partial charge in [-0.3, -0.25) is 0 Å². The Kier molecular flexibility index (Phi) is 4.67. The number of anilines is 1. The predicted octanol–water partition coefficient (Wildman–Crippen LogP) is 2.37. The third kappa shape index (κ3) is 2.98. The van der Waals surface area contributed by atoms with Crippen molar-refractivity contribution in [1.82, 2.24) is 0 Å². The summed E-state index contributed by atoms with van der Waals surface area (Å²) in [6.07, 6.45) is 0.504. The first-order valence-corrected chi connectivity index (χ1v) is 5.58. The van der Waals surface area contributed by atoms with Gasteiger partial charge in [-0.25, -0.2) is 9.18 Å². The lowest BCUT2D eigenvalue weighted by Gasteiger charge is -2.17. The Morgan fingerprint density at radius 1 is 1.61 bits per heavy atom. The Morgan fingerprint density at radius 2 is 2.28 bits per heavy atom. The lowest BCUT2D eigenvalue weighted by atomic mass is 10.1. The highest BCUT2D eigenvalue weighted by atomic mass is 19.1. The van der Waals surface area contributed by atoms with Crippen molar-refractivity contribution in [2.24, 2.45) is 0 Å². The van der Waals surface area contributed by atoms with Gasteiger partial charge in [-0.15, -0.1) is 0 Å². The Bertz CT molecular complexity index is 494. The summed E-state index contributed by atoms with van der Waals surface area (Å²) >= 11 is 0. The van der Waals surface area contributed by atoms with Crippen molar-refractivity contribution in [3.8, 4) is 6.07 Å². The summed E-state index contributed by atoms with van der Waals surface area (Å²) in [5.74, 6) is -0.893. The van der Waals surface area contributed by atoms with E-state index in [1.807, 2.05) is 13.0 Å². The molecule has 0 amide bonds. The maximum Gasteiger partial charge on any atom is 0.328 e. The van der Waals surface area contributed by atoms with Gasteiger partial charge in [0.1, 0.15) is 11.9 Å². The second kappa shape index (κ2) is 6.01. The molecular weight excluding hydrogens is 235 g/mol. The highest BCUT2D eigenvalue weighted by molar-refractivity contribution is 5.79. The minimum Gasteiger partial charge on any atom is -0.467 e. The van der Waals surface area contributed by atoms with Crippen LogP contribution in [0.25, 0.3) is 0 Å². The minimum atomic E-state index is -0.554. The van der Waals surface area contributed by atoms with Crippen LogP contribution in [-0.2, 0) is 9.53 Å².